The predicted molar refractivity (Wildman–Crippen MR) is 53.8 cm³/mol. The topological polar surface area (TPSA) is 98.4 Å². The minimum Gasteiger partial charge on any atom is -0.502 e. The van der Waals surface area contributed by atoms with Crippen molar-refractivity contribution >= 4 is 11.8 Å². The third kappa shape index (κ3) is 2.69. The van der Waals surface area contributed by atoms with Gasteiger partial charge in [-0.1, -0.05) is 0 Å². The van der Waals surface area contributed by atoms with E-state index >= 15 is 0 Å². The number of carbonyl (C=O) groups is 2. The van der Waals surface area contributed by atoms with Gasteiger partial charge in [0.2, 0.25) is 5.76 Å². The summed E-state index contributed by atoms with van der Waals surface area (Å²) in [5.74, 6) is -3.22. The molecule has 1 aromatic rings. The Bertz CT molecular complexity index is 494. The number of hydrogen-bond donors (Lipinski definition) is 2. The number of aliphatic carboxylic acids is 1. The van der Waals surface area contributed by atoms with E-state index in [4.69, 9.17) is 15.5 Å². The van der Waals surface area contributed by atoms with Gasteiger partial charge >= 0.3 is 5.97 Å². The number of aliphatic hydroxyl groups is 1. The highest BCUT2D eigenvalue weighted by Crippen LogP contribution is 2.06. The number of hydrogen-bond acceptors (Lipinski definition) is 4. The molecular formula is C11H7NO4. The van der Waals surface area contributed by atoms with E-state index in [1.165, 1.54) is 24.3 Å². The number of nitriles is 1. The Hall–Kier alpha value is -2.61. The molecule has 0 aromatic heterocycles. The van der Waals surface area contributed by atoms with Gasteiger partial charge in [0.15, 0.2) is 5.78 Å². The molecule has 2 N–H and O–H groups in total. The summed E-state index contributed by atoms with van der Waals surface area (Å²) >= 11 is 0. The van der Waals surface area contributed by atoms with Gasteiger partial charge in [-0.2, -0.15) is 5.26 Å². The van der Waals surface area contributed by atoms with Gasteiger partial charge in [-0.3, -0.25) is 4.79 Å². The second kappa shape index (κ2) is 4.75. The van der Waals surface area contributed by atoms with Gasteiger partial charge in [0.25, 0.3) is 0 Å². The molecule has 0 radical (unpaired) electrons. The summed E-state index contributed by atoms with van der Waals surface area (Å²) in [6.45, 7) is 0. The van der Waals surface area contributed by atoms with Crippen LogP contribution in [0.25, 0.3) is 0 Å². The maximum atomic E-state index is 11.4. The van der Waals surface area contributed by atoms with Crippen LogP contribution in [0.2, 0.25) is 0 Å². The van der Waals surface area contributed by atoms with Crippen molar-refractivity contribution in [2.24, 2.45) is 0 Å². The molecule has 1 aromatic carbocycles. The summed E-state index contributed by atoms with van der Waals surface area (Å²) in [6, 6.07) is 7.50. The summed E-state index contributed by atoms with van der Waals surface area (Å²) in [4.78, 5) is 21.6. The molecule has 0 saturated heterocycles. The molecule has 5 nitrogen and oxygen atoms in total. The molecule has 0 atom stereocenters. The van der Waals surface area contributed by atoms with Gasteiger partial charge < -0.3 is 10.2 Å². The normalized spacial score (nSPS) is 10.6. The molecule has 0 heterocycles. The van der Waals surface area contributed by atoms with Gasteiger partial charge in [0.1, 0.15) is 0 Å². The van der Waals surface area contributed by atoms with Crippen molar-refractivity contribution < 1.29 is 19.8 Å². The molecule has 1 rings (SSSR count). The second-order valence-corrected chi connectivity index (χ2v) is 2.89. The summed E-state index contributed by atoms with van der Waals surface area (Å²) in [5.41, 5.74) is 0.592. The minimum atomic E-state index is -1.57. The minimum absolute atomic E-state index is 0.201. The highest BCUT2D eigenvalue weighted by Gasteiger charge is 2.09. The van der Waals surface area contributed by atoms with Gasteiger partial charge in [0.05, 0.1) is 11.6 Å². The Morgan fingerprint density at radius 1 is 1.19 bits per heavy atom. The smallest absolute Gasteiger partial charge is 0.371 e. The molecule has 0 spiro atoms. The van der Waals surface area contributed by atoms with Crippen LogP contribution >= 0.6 is 0 Å². The summed E-state index contributed by atoms with van der Waals surface area (Å²) < 4.78 is 0. The molecular weight excluding hydrogens is 210 g/mol. The number of allylic oxidation sites excluding steroid dienone is 1. The van der Waals surface area contributed by atoms with Gasteiger partial charge in [-0.05, 0) is 24.3 Å². The van der Waals surface area contributed by atoms with Crippen LogP contribution in [0.3, 0.4) is 0 Å². The van der Waals surface area contributed by atoms with E-state index in [1.807, 2.05) is 6.07 Å². The fourth-order valence-electron chi connectivity index (χ4n) is 0.978. The SMILES string of the molecule is N#Cc1ccc(C(=O)C=C(O)C(=O)O)cc1. The van der Waals surface area contributed by atoms with E-state index in [-0.39, 0.29) is 5.56 Å². The van der Waals surface area contributed by atoms with E-state index in [2.05, 4.69) is 0 Å². The standard InChI is InChI=1S/C11H7NO4/c12-6-7-1-3-8(4-2-7)9(13)5-10(14)11(15)16/h1-5,14H,(H,15,16). The summed E-state index contributed by atoms with van der Waals surface area (Å²) in [7, 11) is 0. The number of carboxylic acids is 1. The molecule has 0 unspecified atom stereocenters. The first-order valence-electron chi connectivity index (χ1n) is 4.23. The maximum absolute atomic E-state index is 11.4. The Balaban J connectivity index is 2.94. The van der Waals surface area contributed by atoms with Crippen molar-refractivity contribution in [1.29, 1.82) is 5.26 Å². The highest BCUT2D eigenvalue weighted by molar-refractivity contribution is 6.07. The molecule has 16 heavy (non-hydrogen) atoms. The lowest BCUT2D eigenvalue weighted by molar-refractivity contribution is -0.135. The fourth-order valence-corrected chi connectivity index (χ4v) is 0.978. The van der Waals surface area contributed by atoms with Crippen molar-refractivity contribution in [3.63, 3.8) is 0 Å². The van der Waals surface area contributed by atoms with Crippen LogP contribution in [0.5, 0.6) is 0 Å². The van der Waals surface area contributed by atoms with Crippen molar-refractivity contribution in [3.8, 4) is 6.07 Å². The van der Waals surface area contributed by atoms with E-state index in [0.29, 0.717) is 11.6 Å². The van der Waals surface area contributed by atoms with Crippen LogP contribution in [-0.4, -0.2) is 22.0 Å². The molecule has 80 valence electrons. The van der Waals surface area contributed by atoms with Crippen LogP contribution in [0, 0.1) is 11.3 Å². The van der Waals surface area contributed by atoms with Gasteiger partial charge in [-0.15, -0.1) is 0 Å². The molecule has 0 aliphatic carbocycles. The van der Waals surface area contributed by atoms with Crippen molar-refractivity contribution in [2.45, 2.75) is 0 Å². The van der Waals surface area contributed by atoms with Crippen molar-refractivity contribution in [3.05, 3.63) is 47.2 Å². The van der Waals surface area contributed by atoms with Crippen molar-refractivity contribution in [1.82, 2.24) is 0 Å². The number of rotatable bonds is 3. The zero-order valence-corrected chi connectivity index (χ0v) is 8.04. The van der Waals surface area contributed by atoms with Crippen LogP contribution in [0.1, 0.15) is 15.9 Å². The first kappa shape index (κ1) is 11.5. The van der Waals surface area contributed by atoms with Gasteiger partial charge in [0, 0.05) is 11.6 Å². The first-order chi connectivity index (χ1) is 7.54. The Morgan fingerprint density at radius 2 is 1.75 bits per heavy atom. The molecule has 0 aliphatic rings. The monoisotopic (exact) mass is 217 g/mol. The lowest BCUT2D eigenvalue weighted by atomic mass is 10.1. The molecule has 0 aliphatic heterocycles. The predicted octanol–water partition coefficient (Wildman–Crippen LogP) is 1.27. The van der Waals surface area contributed by atoms with E-state index in [9.17, 15) is 9.59 Å². The fraction of sp³-hybridized carbons (Fsp3) is 0. The Morgan fingerprint density at radius 3 is 2.19 bits per heavy atom. The van der Waals surface area contributed by atoms with Crippen molar-refractivity contribution in [2.75, 3.05) is 0 Å². The van der Waals surface area contributed by atoms with E-state index in [0.717, 1.165) is 0 Å². The quantitative estimate of drug-likeness (QED) is 0.451. The molecule has 0 amide bonds. The third-order valence-electron chi connectivity index (χ3n) is 1.79. The lowest BCUT2D eigenvalue weighted by Crippen LogP contribution is -2.03. The number of benzene rings is 1. The van der Waals surface area contributed by atoms with E-state index < -0.39 is 17.5 Å². The van der Waals surface area contributed by atoms with Crippen LogP contribution in [-0.2, 0) is 4.79 Å². The largest absolute Gasteiger partial charge is 0.502 e. The number of aliphatic hydroxyl groups excluding tert-OH is 1. The first-order valence-corrected chi connectivity index (χ1v) is 4.23. The molecule has 0 bridgehead atoms. The van der Waals surface area contributed by atoms with Crippen LogP contribution in [0.4, 0.5) is 0 Å². The number of ketones is 1. The summed E-state index contributed by atoms with van der Waals surface area (Å²) in [5, 5.41) is 25.7. The van der Waals surface area contributed by atoms with E-state index in [1.54, 1.807) is 0 Å². The number of carboxylic acid groups (broad SMARTS) is 1. The zero-order chi connectivity index (χ0) is 12.1. The molecule has 0 fully saturated rings. The average Bonchev–Trinajstić information content (AvgIpc) is 2.28. The maximum Gasteiger partial charge on any atom is 0.371 e. The Kier molecular flexibility index (Phi) is 3.41. The zero-order valence-electron chi connectivity index (χ0n) is 8.04. The van der Waals surface area contributed by atoms with Crippen LogP contribution < -0.4 is 0 Å². The number of nitrogens with zero attached hydrogens (tertiary/aromatic N) is 1. The third-order valence-corrected chi connectivity index (χ3v) is 1.79. The second-order valence-electron chi connectivity index (χ2n) is 2.89. The molecule has 0 saturated carbocycles. The van der Waals surface area contributed by atoms with Gasteiger partial charge in [-0.25, -0.2) is 4.79 Å². The Labute approximate surface area is 90.9 Å². The average molecular weight is 217 g/mol. The molecule has 5 heteroatoms. The summed E-state index contributed by atoms with van der Waals surface area (Å²) in [6.07, 6.45) is 0.615. The lowest BCUT2D eigenvalue weighted by Gasteiger charge is -1.96. The number of carbonyl (C=O) groups excluding carboxylic acids is 1. The van der Waals surface area contributed by atoms with Crippen LogP contribution in [0.15, 0.2) is 36.1 Å². The highest BCUT2D eigenvalue weighted by atomic mass is 16.4.